The van der Waals surface area contributed by atoms with Gasteiger partial charge in [0.2, 0.25) is 23.6 Å². The van der Waals surface area contributed by atoms with Crippen molar-refractivity contribution in [1.29, 1.82) is 0 Å². The highest BCUT2D eigenvalue weighted by atomic mass is 35.5. The second-order valence-electron chi connectivity index (χ2n) is 16.4. The van der Waals surface area contributed by atoms with E-state index in [1.807, 2.05) is 6.07 Å². The van der Waals surface area contributed by atoms with Gasteiger partial charge in [-0.25, -0.2) is 4.39 Å². The number of benzene rings is 3. The van der Waals surface area contributed by atoms with E-state index in [-0.39, 0.29) is 53.6 Å². The van der Waals surface area contributed by atoms with E-state index in [0.717, 1.165) is 36.2 Å². The fraction of sp³-hybridized carbons (Fsp3) is 0.348. The van der Waals surface area contributed by atoms with Gasteiger partial charge in [0, 0.05) is 59.2 Å². The number of carbonyl (C=O) groups excluding carboxylic acids is 6. The SMILES string of the molecule is O=C1CCC(N2Cc3c(C#CCCCNC(=O)c4ccc(NC(=O)[C@@H]5NC6(CCCCC6)[C@@]6(C(=O)Nc7cc(Cl)ccc76)[C@H]5c5cccc(Cl)c5F)s4)cccc3C2=O)C(=O)N1. The van der Waals surface area contributed by atoms with Crippen LogP contribution in [0.1, 0.15) is 106 Å². The van der Waals surface area contributed by atoms with Crippen LogP contribution in [0.2, 0.25) is 10.0 Å². The standard InChI is InChI=1S/C46H41Cl2FN6O6S/c47-26-14-15-30-32(23-26)51-44(61)46(30)37(28-12-8-13-31(48)38(28)49)39(54-45(46)20-4-2-5-21-45)42(59)53-36-19-17-34(62-36)41(58)50-22-6-1-3-9-25-10-7-11-27-29(25)24-55(43(27)60)33-16-18-35(56)52-40(33)57/h7-8,10-15,17,19,23,33,37,39,54H,1-2,4-6,16,18,20-22,24H2,(H,50,58)(H,51,61)(H,53,59)(H,52,56,57)/t33?,37-,39+,46+/m0/s1. The number of nitrogens with zero attached hydrogens (tertiary/aromatic N) is 1. The molecule has 2 saturated heterocycles. The summed E-state index contributed by atoms with van der Waals surface area (Å²) in [5.74, 6) is 2.37. The summed E-state index contributed by atoms with van der Waals surface area (Å²) in [5, 5.41) is 15.6. The molecule has 62 heavy (non-hydrogen) atoms. The number of halogens is 3. The van der Waals surface area contributed by atoms with E-state index in [1.165, 1.54) is 11.0 Å². The smallest absolute Gasteiger partial charge is 0.261 e. The monoisotopic (exact) mass is 894 g/mol. The van der Waals surface area contributed by atoms with Gasteiger partial charge in [0.25, 0.3) is 11.8 Å². The summed E-state index contributed by atoms with van der Waals surface area (Å²) in [7, 11) is 0. The first-order valence-electron chi connectivity index (χ1n) is 20.7. The van der Waals surface area contributed by atoms with Gasteiger partial charge >= 0.3 is 0 Å². The minimum atomic E-state index is -1.37. The normalized spacial score (nSPS) is 23.4. The highest BCUT2D eigenvalue weighted by molar-refractivity contribution is 7.18. The van der Waals surface area contributed by atoms with Gasteiger partial charge < -0.3 is 20.9 Å². The molecule has 5 heterocycles. The first-order chi connectivity index (χ1) is 29.9. The number of anilines is 2. The Balaban J connectivity index is 0.871. The number of nitrogens with one attached hydrogen (secondary N) is 5. The molecule has 1 unspecified atom stereocenters. The Morgan fingerprint density at radius 2 is 1.77 bits per heavy atom. The maximum atomic E-state index is 16.2. The first kappa shape index (κ1) is 41.7. The van der Waals surface area contributed by atoms with Crippen molar-refractivity contribution in [3.63, 3.8) is 0 Å². The number of unbranched alkanes of at least 4 members (excludes halogenated alkanes) is 1. The molecule has 9 rings (SSSR count). The molecule has 0 radical (unpaired) electrons. The number of rotatable bonds is 8. The lowest BCUT2D eigenvalue weighted by molar-refractivity contribution is -0.137. The summed E-state index contributed by atoms with van der Waals surface area (Å²) in [6.45, 7) is 0.561. The summed E-state index contributed by atoms with van der Waals surface area (Å²) in [4.78, 5) is 81.5. The fourth-order valence-electron chi connectivity index (χ4n) is 10.3. The molecule has 6 amide bonds. The number of carbonyl (C=O) groups is 6. The Morgan fingerprint density at radius 3 is 2.58 bits per heavy atom. The molecule has 0 bridgehead atoms. The van der Waals surface area contributed by atoms with Crippen molar-refractivity contribution >= 4 is 80.7 Å². The van der Waals surface area contributed by atoms with Crippen molar-refractivity contribution in [3.05, 3.63) is 115 Å². The average Bonchev–Trinajstić information content (AvgIpc) is 4.00. The number of piperidine rings is 1. The maximum absolute atomic E-state index is 16.2. The Hall–Kier alpha value is -5.59. The maximum Gasteiger partial charge on any atom is 0.261 e. The summed E-state index contributed by atoms with van der Waals surface area (Å²) < 4.78 is 16.2. The van der Waals surface area contributed by atoms with Crippen molar-refractivity contribution in [2.45, 2.75) is 93.3 Å². The number of fused-ring (bicyclic) bond motifs is 4. The van der Waals surface area contributed by atoms with Crippen molar-refractivity contribution in [2.75, 3.05) is 17.2 Å². The van der Waals surface area contributed by atoms with Crippen molar-refractivity contribution in [3.8, 4) is 11.8 Å². The van der Waals surface area contributed by atoms with Crippen LogP contribution in [0.25, 0.3) is 0 Å². The summed E-state index contributed by atoms with van der Waals surface area (Å²) >= 11 is 13.9. The van der Waals surface area contributed by atoms with E-state index < -0.39 is 46.6 Å². The van der Waals surface area contributed by atoms with E-state index >= 15 is 4.39 Å². The van der Waals surface area contributed by atoms with Crippen LogP contribution < -0.4 is 26.6 Å². The van der Waals surface area contributed by atoms with E-state index in [2.05, 4.69) is 38.4 Å². The topological polar surface area (TPSA) is 166 Å². The minimum absolute atomic E-state index is 0.116. The van der Waals surface area contributed by atoms with Crippen LogP contribution in [0, 0.1) is 17.7 Å². The van der Waals surface area contributed by atoms with Gasteiger partial charge in [-0.1, -0.05) is 78.6 Å². The number of imide groups is 1. The third kappa shape index (κ3) is 7.05. The third-order valence-electron chi connectivity index (χ3n) is 13.0. The number of hydrogen-bond acceptors (Lipinski definition) is 8. The van der Waals surface area contributed by atoms with Crippen LogP contribution in [-0.4, -0.2) is 64.5 Å². The van der Waals surface area contributed by atoms with Gasteiger partial charge in [-0.3, -0.25) is 39.4 Å². The van der Waals surface area contributed by atoms with Crippen LogP contribution in [0.5, 0.6) is 0 Å². The molecule has 1 aliphatic carbocycles. The largest absolute Gasteiger partial charge is 0.351 e. The highest BCUT2D eigenvalue weighted by Crippen LogP contribution is 2.63. The highest BCUT2D eigenvalue weighted by Gasteiger charge is 2.72. The Kier molecular flexibility index (Phi) is 11.2. The molecule has 16 heteroatoms. The zero-order valence-corrected chi connectivity index (χ0v) is 35.6. The Labute approximate surface area is 370 Å². The zero-order valence-electron chi connectivity index (χ0n) is 33.3. The Morgan fingerprint density at radius 1 is 0.968 bits per heavy atom. The van der Waals surface area contributed by atoms with Crippen molar-refractivity contribution in [2.24, 2.45) is 0 Å². The van der Waals surface area contributed by atoms with Gasteiger partial charge in [0.05, 0.1) is 20.9 Å². The molecular weight excluding hydrogens is 855 g/mol. The average molecular weight is 896 g/mol. The predicted octanol–water partition coefficient (Wildman–Crippen LogP) is 6.80. The molecule has 4 aliphatic heterocycles. The summed E-state index contributed by atoms with van der Waals surface area (Å²) in [6, 6.07) is 16.6. The van der Waals surface area contributed by atoms with Crippen LogP contribution in [0.4, 0.5) is 15.1 Å². The molecule has 3 fully saturated rings. The summed E-state index contributed by atoms with van der Waals surface area (Å²) in [5.41, 5.74) is 0.994. The molecule has 3 aromatic carbocycles. The molecule has 5 N–H and O–H groups in total. The molecule has 4 aromatic rings. The second-order valence-corrected chi connectivity index (χ2v) is 18.3. The van der Waals surface area contributed by atoms with Gasteiger partial charge in [-0.15, -0.1) is 11.3 Å². The molecule has 318 valence electrons. The van der Waals surface area contributed by atoms with E-state index in [0.29, 0.717) is 69.5 Å². The van der Waals surface area contributed by atoms with Gasteiger partial charge in [-0.2, -0.15) is 0 Å². The van der Waals surface area contributed by atoms with E-state index in [9.17, 15) is 28.8 Å². The van der Waals surface area contributed by atoms with Crippen LogP contribution in [-0.2, 0) is 31.1 Å². The lowest BCUT2D eigenvalue weighted by Gasteiger charge is -2.47. The number of amides is 6. The van der Waals surface area contributed by atoms with Gasteiger partial charge in [-0.05, 0) is 84.8 Å². The second kappa shape index (κ2) is 16.6. The lowest BCUT2D eigenvalue weighted by atomic mass is 9.55. The lowest BCUT2D eigenvalue weighted by Crippen LogP contribution is -2.60. The van der Waals surface area contributed by atoms with Crippen LogP contribution >= 0.6 is 34.5 Å². The fourth-order valence-corrected chi connectivity index (χ4v) is 11.4. The third-order valence-corrected chi connectivity index (χ3v) is 14.5. The predicted molar refractivity (Wildman–Crippen MR) is 233 cm³/mol. The van der Waals surface area contributed by atoms with Gasteiger partial charge in [0.15, 0.2) is 0 Å². The zero-order chi connectivity index (χ0) is 43.3. The van der Waals surface area contributed by atoms with E-state index in [1.54, 1.807) is 54.6 Å². The molecule has 2 spiro atoms. The number of thiophene rings is 1. The quantitative estimate of drug-likeness (QED) is 0.0737. The molecule has 1 aromatic heterocycles. The van der Waals surface area contributed by atoms with Gasteiger partial charge in [0.1, 0.15) is 17.3 Å². The molecule has 12 nitrogen and oxygen atoms in total. The van der Waals surface area contributed by atoms with Crippen LogP contribution in [0.15, 0.2) is 66.7 Å². The molecule has 1 saturated carbocycles. The molecule has 4 atom stereocenters. The first-order valence-corrected chi connectivity index (χ1v) is 22.3. The number of hydrogen-bond donors (Lipinski definition) is 5. The van der Waals surface area contributed by atoms with Crippen LogP contribution in [0.3, 0.4) is 0 Å². The Bertz CT molecular complexity index is 2640. The minimum Gasteiger partial charge on any atom is -0.351 e. The molecule has 5 aliphatic rings. The summed E-state index contributed by atoms with van der Waals surface area (Å²) in [6.07, 6.45) is 5.20. The van der Waals surface area contributed by atoms with E-state index in [4.69, 9.17) is 23.2 Å². The van der Waals surface area contributed by atoms with Crippen molar-refractivity contribution < 1.29 is 33.2 Å². The van der Waals surface area contributed by atoms with Crippen molar-refractivity contribution in [1.82, 2.24) is 20.9 Å². The molecular formula is C46H41Cl2FN6O6S.